The van der Waals surface area contributed by atoms with Gasteiger partial charge in [-0.2, -0.15) is 0 Å². The molecule has 22 heavy (non-hydrogen) atoms. The second kappa shape index (κ2) is 18.7. The van der Waals surface area contributed by atoms with E-state index in [0.717, 1.165) is 0 Å². The second-order valence-electron chi connectivity index (χ2n) is 6.61. The van der Waals surface area contributed by atoms with Crippen LogP contribution in [0.15, 0.2) is 12.2 Å². The zero-order valence-electron chi connectivity index (χ0n) is 15.9. The lowest BCUT2D eigenvalue weighted by Gasteiger charge is -2.16. The lowest BCUT2D eigenvalue weighted by molar-refractivity contribution is 0.301. The van der Waals surface area contributed by atoms with Gasteiger partial charge in [-0.3, -0.25) is 0 Å². The minimum absolute atomic E-state index is 1.19. The highest BCUT2D eigenvalue weighted by atomic mass is 15.1. The van der Waals surface area contributed by atoms with Crippen LogP contribution in [0.1, 0.15) is 104 Å². The molecule has 0 aliphatic carbocycles. The van der Waals surface area contributed by atoms with Crippen molar-refractivity contribution in [1.82, 2.24) is 4.90 Å². The van der Waals surface area contributed by atoms with Crippen molar-refractivity contribution < 1.29 is 0 Å². The number of rotatable bonds is 17. The normalized spacial score (nSPS) is 11.8. The quantitative estimate of drug-likeness (QED) is 0.207. The van der Waals surface area contributed by atoms with Crippen LogP contribution in [0.4, 0.5) is 0 Å². The fraction of sp³-hybridized carbons (Fsp3) is 0.905. The van der Waals surface area contributed by atoms with Crippen molar-refractivity contribution in [3.8, 4) is 0 Å². The molecule has 0 fully saturated rings. The van der Waals surface area contributed by atoms with Crippen molar-refractivity contribution >= 4 is 0 Å². The van der Waals surface area contributed by atoms with Crippen molar-refractivity contribution in [2.45, 2.75) is 104 Å². The van der Waals surface area contributed by atoms with E-state index in [0.29, 0.717) is 0 Å². The van der Waals surface area contributed by atoms with E-state index in [1.807, 2.05) is 0 Å². The van der Waals surface area contributed by atoms with Crippen LogP contribution in [0, 0.1) is 0 Å². The van der Waals surface area contributed by atoms with Gasteiger partial charge >= 0.3 is 0 Å². The summed E-state index contributed by atoms with van der Waals surface area (Å²) in [4.78, 5) is 2.51. The fourth-order valence-corrected chi connectivity index (χ4v) is 2.96. The van der Waals surface area contributed by atoms with E-state index in [2.05, 4.69) is 37.8 Å². The minimum atomic E-state index is 1.19. The van der Waals surface area contributed by atoms with E-state index >= 15 is 0 Å². The van der Waals surface area contributed by atoms with Gasteiger partial charge in [0, 0.05) is 0 Å². The molecule has 0 aromatic heterocycles. The molecule has 1 nitrogen and oxygen atoms in total. The number of hydrogen-bond acceptors (Lipinski definition) is 1. The lowest BCUT2D eigenvalue weighted by Crippen LogP contribution is -2.23. The molecule has 0 radical (unpaired) electrons. The molecule has 132 valence electrons. The van der Waals surface area contributed by atoms with Crippen LogP contribution in [0.5, 0.6) is 0 Å². The maximum absolute atomic E-state index is 2.51. The first-order valence-corrected chi connectivity index (χ1v) is 10.2. The molecule has 0 heterocycles. The Hall–Kier alpha value is -0.300. The fourth-order valence-electron chi connectivity index (χ4n) is 2.96. The number of hydrogen-bond donors (Lipinski definition) is 0. The lowest BCUT2D eigenvalue weighted by atomic mass is 10.1. The molecule has 0 atom stereocenters. The number of unbranched alkanes of at least 4 members (excludes halogenated alkanes) is 11. The van der Waals surface area contributed by atoms with Crippen LogP contribution in [0.25, 0.3) is 0 Å². The van der Waals surface area contributed by atoms with Gasteiger partial charge in [0.15, 0.2) is 0 Å². The summed E-state index contributed by atoms with van der Waals surface area (Å²) in [6.07, 6.45) is 23.0. The maximum Gasteiger partial charge on any atom is -0.00160 e. The van der Waals surface area contributed by atoms with Crippen molar-refractivity contribution in [2.24, 2.45) is 0 Å². The predicted octanol–water partition coefficient (Wildman–Crippen LogP) is 6.98. The van der Waals surface area contributed by atoms with E-state index in [4.69, 9.17) is 0 Å². The molecule has 0 unspecified atom stereocenters. The molecule has 0 saturated heterocycles. The van der Waals surface area contributed by atoms with Gasteiger partial charge in [-0.25, -0.2) is 0 Å². The minimum Gasteiger partial charge on any atom is -0.304 e. The molecule has 0 rings (SSSR count). The Balaban J connectivity index is 3.14. The van der Waals surface area contributed by atoms with Crippen LogP contribution in [0.2, 0.25) is 0 Å². The van der Waals surface area contributed by atoms with Gasteiger partial charge in [-0.05, 0) is 45.3 Å². The highest BCUT2D eigenvalue weighted by Gasteiger charge is 1.96. The number of allylic oxidation sites excluding steroid dienone is 2. The highest BCUT2D eigenvalue weighted by Crippen LogP contribution is 2.11. The Bertz CT molecular complexity index is 218. The third kappa shape index (κ3) is 16.1. The van der Waals surface area contributed by atoms with Crippen molar-refractivity contribution in [2.75, 3.05) is 19.6 Å². The summed E-state index contributed by atoms with van der Waals surface area (Å²) >= 11 is 0. The third-order valence-electron chi connectivity index (χ3n) is 4.63. The smallest absolute Gasteiger partial charge is 0.00160 e. The maximum atomic E-state index is 2.51. The average molecular weight is 310 g/mol. The van der Waals surface area contributed by atoms with Gasteiger partial charge in [0.05, 0.1) is 0 Å². The van der Waals surface area contributed by atoms with E-state index in [-0.39, 0.29) is 0 Å². The molecular formula is C21H43N. The van der Waals surface area contributed by atoms with E-state index in [1.54, 1.807) is 0 Å². The predicted molar refractivity (Wildman–Crippen MR) is 103 cm³/mol. The SMILES string of the molecule is CCCCCCCCCCCC/C=C/CCCN(CC)CC. The van der Waals surface area contributed by atoms with Crippen LogP contribution in [0.3, 0.4) is 0 Å². The molecule has 0 aliphatic heterocycles. The molecule has 0 aliphatic rings. The van der Waals surface area contributed by atoms with E-state index in [9.17, 15) is 0 Å². The topological polar surface area (TPSA) is 3.24 Å². The van der Waals surface area contributed by atoms with Crippen molar-refractivity contribution in [3.05, 3.63) is 12.2 Å². The van der Waals surface area contributed by atoms with E-state index < -0.39 is 0 Å². The highest BCUT2D eigenvalue weighted by molar-refractivity contribution is 4.81. The monoisotopic (exact) mass is 309 g/mol. The summed E-state index contributed by atoms with van der Waals surface area (Å²) in [6, 6.07) is 0. The first-order valence-electron chi connectivity index (χ1n) is 10.2. The largest absolute Gasteiger partial charge is 0.304 e. The van der Waals surface area contributed by atoms with Gasteiger partial charge in [0.25, 0.3) is 0 Å². The van der Waals surface area contributed by atoms with Gasteiger partial charge < -0.3 is 4.90 Å². The molecule has 0 bridgehead atoms. The summed E-state index contributed by atoms with van der Waals surface area (Å²) in [6.45, 7) is 10.4. The zero-order valence-corrected chi connectivity index (χ0v) is 15.9. The summed E-state index contributed by atoms with van der Waals surface area (Å²) in [5, 5.41) is 0. The average Bonchev–Trinajstić information content (AvgIpc) is 2.55. The first kappa shape index (κ1) is 21.7. The molecule has 0 N–H and O–H groups in total. The van der Waals surface area contributed by atoms with Crippen molar-refractivity contribution in [3.63, 3.8) is 0 Å². The standard InChI is InChI=1S/C21H43N/c1-4-7-8-9-10-11-12-13-14-15-16-17-18-19-20-21-22(5-2)6-3/h17-18H,4-16,19-21H2,1-3H3/b18-17+. The molecular weight excluding hydrogens is 266 g/mol. The first-order chi connectivity index (χ1) is 10.8. The number of nitrogens with zero attached hydrogens (tertiary/aromatic N) is 1. The van der Waals surface area contributed by atoms with Gasteiger partial charge in [-0.15, -0.1) is 0 Å². The van der Waals surface area contributed by atoms with Gasteiger partial charge in [-0.1, -0.05) is 90.7 Å². The van der Waals surface area contributed by atoms with Gasteiger partial charge in [0.1, 0.15) is 0 Å². The van der Waals surface area contributed by atoms with Gasteiger partial charge in [0.2, 0.25) is 0 Å². The van der Waals surface area contributed by atoms with Crippen molar-refractivity contribution in [1.29, 1.82) is 0 Å². The molecule has 0 aromatic carbocycles. The molecule has 0 spiro atoms. The Morgan fingerprint density at radius 2 is 1.00 bits per heavy atom. The summed E-state index contributed by atoms with van der Waals surface area (Å²) in [7, 11) is 0. The second-order valence-corrected chi connectivity index (χ2v) is 6.61. The molecule has 1 heteroatoms. The summed E-state index contributed by atoms with van der Waals surface area (Å²) in [5.74, 6) is 0. The Morgan fingerprint density at radius 1 is 0.545 bits per heavy atom. The van der Waals surface area contributed by atoms with E-state index in [1.165, 1.54) is 103 Å². The third-order valence-corrected chi connectivity index (χ3v) is 4.63. The summed E-state index contributed by atoms with van der Waals surface area (Å²) in [5.41, 5.74) is 0. The molecule has 0 saturated carbocycles. The van der Waals surface area contributed by atoms with Crippen LogP contribution < -0.4 is 0 Å². The Morgan fingerprint density at radius 3 is 1.50 bits per heavy atom. The van der Waals surface area contributed by atoms with Crippen LogP contribution in [-0.2, 0) is 0 Å². The summed E-state index contributed by atoms with van der Waals surface area (Å²) < 4.78 is 0. The Kier molecular flexibility index (Phi) is 18.5. The van der Waals surface area contributed by atoms with Crippen LogP contribution >= 0.6 is 0 Å². The Labute approximate surface area is 141 Å². The van der Waals surface area contributed by atoms with Crippen LogP contribution in [-0.4, -0.2) is 24.5 Å². The molecule has 0 amide bonds. The zero-order chi connectivity index (χ0) is 16.3. The molecule has 0 aromatic rings.